The van der Waals surface area contributed by atoms with E-state index in [4.69, 9.17) is 24.4 Å². The third-order valence-corrected chi connectivity index (χ3v) is 2.05. The highest BCUT2D eigenvalue weighted by molar-refractivity contribution is 7.82. The highest BCUT2D eigenvalue weighted by Crippen LogP contribution is 1.98. The van der Waals surface area contributed by atoms with Gasteiger partial charge < -0.3 is 0 Å². The van der Waals surface area contributed by atoms with Crippen molar-refractivity contribution in [1.29, 1.82) is 0 Å². The van der Waals surface area contributed by atoms with Crippen molar-refractivity contribution < 1.29 is 0 Å². The molecule has 0 spiro atoms. The molecule has 0 aliphatic heterocycles. The van der Waals surface area contributed by atoms with Crippen molar-refractivity contribution in [1.82, 2.24) is 0 Å². The molecule has 0 aliphatic carbocycles. The van der Waals surface area contributed by atoms with Crippen LogP contribution in [-0.4, -0.2) is 9.73 Å². The Morgan fingerprint density at radius 1 is 1.00 bits per heavy atom. The van der Waals surface area contributed by atoms with Crippen molar-refractivity contribution in [3.63, 3.8) is 0 Å². The van der Waals surface area contributed by atoms with Gasteiger partial charge in [0.05, 0.1) is 0 Å². The first kappa shape index (κ1) is 9.18. The van der Waals surface area contributed by atoms with Gasteiger partial charge in [-0.3, -0.25) is 0 Å². The molecular formula is C7H12S2. The fourth-order valence-corrected chi connectivity index (χ4v) is 0.910. The van der Waals surface area contributed by atoms with Gasteiger partial charge in [0.1, 0.15) is 0 Å². The monoisotopic (exact) mass is 160 g/mol. The second-order valence-corrected chi connectivity index (χ2v) is 3.12. The van der Waals surface area contributed by atoms with Crippen LogP contribution in [0, 0.1) is 0 Å². The smallest absolute Gasteiger partial charge is 0.0102 e. The zero-order valence-electron chi connectivity index (χ0n) is 5.94. The number of thiocarbonyl (C=S) groups is 2. The van der Waals surface area contributed by atoms with Crippen LogP contribution in [0.3, 0.4) is 0 Å². The zero-order valence-corrected chi connectivity index (χ0v) is 7.57. The summed E-state index contributed by atoms with van der Waals surface area (Å²) in [6, 6.07) is 0. The standard InChI is InChI=1S/C7H12S2/c1-3-6(8)5-7(9)4-2/h3-5H2,1-2H3. The van der Waals surface area contributed by atoms with Crippen LogP contribution in [0.25, 0.3) is 0 Å². The molecule has 0 saturated carbocycles. The number of rotatable bonds is 4. The Labute approximate surface area is 67.6 Å². The lowest BCUT2D eigenvalue weighted by molar-refractivity contribution is 1.24. The van der Waals surface area contributed by atoms with E-state index in [1.165, 1.54) is 0 Å². The summed E-state index contributed by atoms with van der Waals surface area (Å²) < 4.78 is 0. The maximum atomic E-state index is 5.01. The van der Waals surface area contributed by atoms with Crippen molar-refractivity contribution in [3.8, 4) is 0 Å². The van der Waals surface area contributed by atoms with Gasteiger partial charge in [-0.2, -0.15) is 0 Å². The minimum atomic E-state index is 0.873. The van der Waals surface area contributed by atoms with E-state index in [0.717, 1.165) is 29.0 Å². The lowest BCUT2D eigenvalue weighted by atomic mass is 10.2. The van der Waals surface area contributed by atoms with E-state index in [0.29, 0.717) is 0 Å². The Morgan fingerprint density at radius 3 is 1.56 bits per heavy atom. The van der Waals surface area contributed by atoms with Crippen LogP contribution >= 0.6 is 24.4 Å². The molecule has 52 valence electrons. The van der Waals surface area contributed by atoms with Crippen molar-refractivity contribution in [3.05, 3.63) is 0 Å². The normalized spacial score (nSPS) is 9.11. The van der Waals surface area contributed by atoms with Gasteiger partial charge in [0, 0.05) is 6.42 Å². The minimum absolute atomic E-state index is 0.873. The minimum Gasteiger partial charge on any atom is -0.0893 e. The summed E-state index contributed by atoms with van der Waals surface area (Å²) in [7, 11) is 0. The van der Waals surface area contributed by atoms with E-state index >= 15 is 0 Å². The van der Waals surface area contributed by atoms with Crippen molar-refractivity contribution in [2.75, 3.05) is 0 Å². The summed E-state index contributed by atoms with van der Waals surface area (Å²) >= 11 is 10.0. The van der Waals surface area contributed by atoms with Gasteiger partial charge in [-0.15, -0.1) is 0 Å². The molecule has 0 saturated heterocycles. The lowest BCUT2D eigenvalue weighted by Crippen LogP contribution is -2.00. The first-order chi connectivity index (χ1) is 4.20. The predicted molar refractivity (Wildman–Crippen MR) is 50.4 cm³/mol. The average molecular weight is 160 g/mol. The summed E-state index contributed by atoms with van der Waals surface area (Å²) in [6.45, 7) is 4.14. The molecule has 0 nitrogen and oxygen atoms in total. The molecule has 9 heavy (non-hydrogen) atoms. The predicted octanol–water partition coefficient (Wildman–Crippen LogP) is 2.94. The summed E-state index contributed by atoms with van der Waals surface area (Å²) in [6.07, 6.45) is 2.84. The molecule has 2 heteroatoms. The Balaban J connectivity index is 3.47. The van der Waals surface area contributed by atoms with E-state index in [9.17, 15) is 0 Å². The van der Waals surface area contributed by atoms with Crippen molar-refractivity contribution >= 4 is 34.2 Å². The first-order valence-corrected chi connectivity index (χ1v) is 4.05. The second-order valence-electron chi connectivity index (χ2n) is 1.96. The topological polar surface area (TPSA) is 0 Å². The van der Waals surface area contributed by atoms with E-state index in [-0.39, 0.29) is 0 Å². The van der Waals surface area contributed by atoms with Gasteiger partial charge in [-0.05, 0) is 22.6 Å². The summed E-state index contributed by atoms with van der Waals surface area (Å²) in [5.74, 6) is 0. The molecule has 0 aliphatic rings. The molecule has 0 atom stereocenters. The molecule has 0 rings (SSSR count). The number of hydrogen-bond acceptors (Lipinski definition) is 2. The van der Waals surface area contributed by atoms with Crippen LogP contribution in [0.5, 0.6) is 0 Å². The third kappa shape index (κ3) is 4.67. The van der Waals surface area contributed by atoms with Gasteiger partial charge in [0.2, 0.25) is 0 Å². The fourth-order valence-electron chi connectivity index (χ4n) is 0.470. The molecule has 0 bridgehead atoms. The van der Waals surface area contributed by atoms with Crippen LogP contribution in [0.4, 0.5) is 0 Å². The summed E-state index contributed by atoms with van der Waals surface area (Å²) in [4.78, 5) is 2.17. The lowest BCUT2D eigenvalue weighted by Gasteiger charge is -1.97. The highest BCUT2D eigenvalue weighted by Gasteiger charge is 1.95. The Hall–Kier alpha value is 0.180. The van der Waals surface area contributed by atoms with E-state index < -0.39 is 0 Å². The molecule has 0 fully saturated rings. The molecule has 0 aromatic carbocycles. The zero-order chi connectivity index (χ0) is 7.28. The maximum Gasteiger partial charge on any atom is 0.0102 e. The summed E-state index contributed by atoms with van der Waals surface area (Å²) in [5, 5.41) is 0. The van der Waals surface area contributed by atoms with E-state index in [2.05, 4.69) is 13.8 Å². The molecule has 0 unspecified atom stereocenters. The van der Waals surface area contributed by atoms with Crippen LogP contribution in [0.2, 0.25) is 0 Å². The van der Waals surface area contributed by atoms with Gasteiger partial charge in [0.25, 0.3) is 0 Å². The molecule has 0 N–H and O–H groups in total. The third-order valence-electron chi connectivity index (χ3n) is 1.18. The maximum absolute atomic E-state index is 5.01. The van der Waals surface area contributed by atoms with Crippen molar-refractivity contribution in [2.45, 2.75) is 33.1 Å². The SMILES string of the molecule is CCC(=S)CC(=S)CC. The molecule has 0 amide bonds. The Kier molecular flexibility index (Phi) is 5.10. The fraction of sp³-hybridized carbons (Fsp3) is 0.714. The van der Waals surface area contributed by atoms with Gasteiger partial charge >= 0.3 is 0 Å². The molecule has 0 heterocycles. The molecule has 0 aromatic rings. The van der Waals surface area contributed by atoms with Crippen LogP contribution in [-0.2, 0) is 0 Å². The van der Waals surface area contributed by atoms with Gasteiger partial charge in [-0.1, -0.05) is 38.3 Å². The molecular weight excluding hydrogens is 148 g/mol. The number of hydrogen-bond donors (Lipinski definition) is 0. The largest absolute Gasteiger partial charge is 0.0893 e. The summed E-state index contributed by atoms with van der Waals surface area (Å²) in [5.41, 5.74) is 0. The van der Waals surface area contributed by atoms with Crippen LogP contribution in [0.1, 0.15) is 33.1 Å². The molecule has 0 aromatic heterocycles. The van der Waals surface area contributed by atoms with Gasteiger partial charge in [0.15, 0.2) is 0 Å². The average Bonchev–Trinajstić information content (AvgIpc) is 1.87. The van der Waals surface area contributed by atoms with Gasteiger partial charge in [-0.25, -0.2) is 0 Å². The quantitative estimate of drug-likeness (QED) is 0.580. The Bertz CT molecular complexity index is 102. The van der Waals surface area contributed by atoms with Crippen LogP contribution < -0.4 is 0 Å². The first-order valence-electron chi connectivity index (χ1n) is 3.24. The second kappa shape index (κ2) is 5.00. The molecule has 0 radical (unpaired) electrons. The van der Waals surface area contributed by atoms with E-state index in [1.807, 2.05) is 0 Å². The van der Waals surface area contributed by atoms with Crippen LogP contribution in [0.15, 0.2) is 0 Å². The van der Waals surface area contributed by atoms with E-state index in [1.54, 1.807) is 0 Å². The highest BCUT2D eigenvalue weighted by atomic mass is 32.1. The van der Waals surface area contributed by atoms with Crippen molar-refractivity contribution in [2.24, 2.45) is 0 Å². The Morgan fingerprint density at radius 2 is 1.33 bits per heavy atom.